The molecule has 0 aliphatic rings. The molecule has 2 aromatic carbocycles. The average molecular weight is 355 g/mol. The van der Waals surface area contributed by atoms with Crippen molar-refractivity contribution in [1.82, 2.24) is 5.32 Å². The molecular weight excluding hydrogens is 338 g/mol. The molecule has 2 aromatic rings. The molecule has 0 aliphatic heterocycles. The largest absolute Gasteiger partial charge is 0.457 e. The molecule has 0 radical (unpaired) electrons. The second-order valence-electron chi connectivity index (χ2n) is 4.54. The fourth-order valence-electron chi connectivity index (χ4n) is 1.89. The molecular formula is C16H17BrClNO. The summed E-state index contributed by atoms with van der Waals surface area (Å²) in [5, 5.41) is 4.02. The monoisotopic (exact) mass is 353 g/mol. The molecule has 0 amide bonds. The summed E-state index contributed by atoms with van der Waals surface area (Å²) >= 11 is 9.52. The Morgan fingerprint density at radius 2 is 1.90 bits per heavy atom. The van der Waals surface area contributed by atoms with E-state index >= 15 is 0 Å². The second-order valence-corrected chi connectivity index (χ2v) is 5.90. The van der Waals surface area contributed by atoms with Crippen LogP contribution < -0.4 is 10.1 Å². The summed E-state index contributed by atoms with van der Waals surface area (Å²) in [6, 6.07) is 11.7. The molecule has 0 saturated heterocycles. The Hall–Kier alpha value is -1.03. The van der Waals surface area contributed by atoms with E-state index in [1.807, 2.05) is 43.3 Å². The quantitative estimate of drug-likeness (QED) is 0.785. The fourth-order valence-corrected chi connectivity index (χ4v) is 2.56. The van der Waals surface area contributed by atoms with Gasteiger partial charge < -0.3 is 10.1 Å². The summed E-state index contributed by atoms with van der Waals surface area (Å²) < 4.78 is 7.08. The van der Waals surface area contributed by atoms with Gasteiger partial charge in [0.1, 0.15) is 11.5 Å². The van der Waals surface area contributed by atoms with E-state index in [-0.39, 0.29) is 0 Å². The molecule has 2 rings (SSSR count). The minimum absolute atomic E-state index is 0.720. The van der Waals surface area contributed by atoms with Gasteiger partial charge in [-0.15, -0.1) is 0 Å². The van der Waals surface area contributed by atoms with Crippen molar-refractivity contribution >= 4 is 27.5 Å². The zero-order valence-electron chi connectivity index (χ0n) is 11.5. The highest BCUT2D eigenvalue weighted by Crippen LogP contribution is 2.31. The highest BCUT2D eigenvalue weighted by molar-refractivity contribution is 9.10. The van der Waals surface area contributed by atoms with Gasteiger partial charge in [0.05, 0.1) is 0 Å². The van der Waals surface area contributed by atoms with Gasteiger partial charge in [-0.3, -0.25) is 0 Å². The second kappa shape index (κ2) is 7.11. The summed E-state index contributed by atoms with van der Waals surface area (Å²) in [6.45, 7) is 5.75. The van der Waals surface area contributed by atoms with E-state index in [1.54, 1.807) is 0 Å². The van der Waals surface area contributed by atoms with E-state index in [1.165, 1.54) is 0 Å². The Kier molecular flexibility index (Phi) is 5.46. The third-order valence-electron chi connectivity index (χ3n) is 2.94. The Bertz CT molecular complexity index is 601. The van der Waals surface area contributed by atoms with Crippen LogP contribution in [0.15, 0.2) is 40.9 Å². The van der Waals surface area contributed by atoms with Gasteiger partial charge in [0.2, 0.25) is 0 Å². The summed E-state index contributed by atoms with van der Waals surface area (Å²) in [6.07, 6.45) is 0. The van der Waals surface area contributed by atoms with Crippen LogP contribution in [0.25, 0.3) is 0 Å². The zero-order valence-corrected chi connectivity index (χ0v) is 13.9. The van der Waals surface area contributed by atoms with Gasteiger partial charge in [0.25, 0.3) is 0 Å². The van der Waals surface area contributed by atoms with Crippen LogP contribution in [0.1, 0.15) is 18.1 Å². The Labute approximate surface area is 133 Å². The molecule has 20 heavy (non-hydrogen) atoms. The first-order valence-electron chi connectivity index (χ1n) is 6.53. The normalized spacial score (nSPS) is 10.6. The van der Waals surface area contributed by atoms with Crippen LogP contribution in [0, 0.1) is 6.92 Å². The smallest absolute Gasteiger partial charge is 0.132 e. The van der Waals surface area contributed by atoms with E-state index < -0.39 is 0 Å². The first kappa shape index (κ1) is 15.4. The maximum atomic E-state index is 6.06. The van der Waals surface area contributed by atoms with Crippen LogP contribution in [0.2, 0.25) is 5.02 Å². The van der Waals surface area contributed by atoms with Crippen molar-refractivity contribution in [2.75, 3.05) is 6.54 Å². The maximum absolute atomic E-state index is 6.06. The number of ether oxygens (including phenoxy) is 1. The lowest BCUT2D eigenvalue weighted by Crippen LogP contribution is -2.12. The molecule has 0 spiro atoms. The van der Waals surface area contributed by atoms with E-state index in [9.17, 15) is 0 Å². The predicted molar refractivity (Wildman–Crippen MR) is 87.8 cm³/mol. The maximum Gasteiger partial charge on any atom is 0.132 e. The molecule has 0 unspecified atom stereocenters. The molecule has 0 bridgehead atoms. The first-order valence-corrected chi connectivity index (χ1v) is 7.70. The van der Waals surface area contributed by atoms with E-state index in [0.717, 1.165) is 45.2 Å². The topological polar surface area (TPSA) is 21.3 Å². The lowest BCUT2D eigenvalue weighted by atomic mass is 10.2. The van der Waals surface area contributed by atoms with Gasteiger partial charge in [-0.25, -0.2) is 0 Å². The Morgan fingerprint density at radius 1 is 1.15 bits per heavy atom. The van der Waals surface area contributed by atoms with Crippen molar-refractivity contribution in [3.8, 4) is 11.5 Å². The standard InChI is InChI=1S/C16H17BrClNO/c1-3-19-10-12-9-14(18)5-7-16(12)20-15-6-4-13(17)8-11(15)2/h4-9,19H,3,10H2,1-2H3. The summed E-state index contributed by atoms with van der Waals surface area (Å²) in [5.41, 5.74) is 2.14. The van der Waals surface area contributed by atoms with Crippen LogP contribution in [0.3, 0.4) is 0 Å². The number of rotatable bonds is 5. The first-order chi connectivity index (χ1) is 9.60. The lowest BCUT2D eigenvalue weighted by molar-refractivity contribution is 0.469. The molecule has 0 fully saturated rings. The van der Waals surface area contributed by atoms with Crippen LogP contribution in [-0.4, -0.2) is 6.54 Å². The summed E-state index contributed by atoms with van der Waals surface area (Å²) in [5.74, 6) is 1.69. The average Bonchev–Trinajstić information content (AvgIpc) is 2.41. The minimum Gasteiger partial charge on any atom is -0.457 e. The van der Waals surface area contributed by atoms with E-state index in [4.69, 9.17) is 16.3 Å². The van der Waals surface area contributed by atoms with Gasteiger partial charge in [-0.1, -0.05) is 34.5 Å². The molecule has 2 nitrogen and oxygen atoms in total. The summed E-state index contributed by atoms with van der Waals surface area (Å²) in [7, 11) is 0. The van der Waals surface area contributed by atoms with Crippen LogP contribution in [0.5, 0.6) is 11.5 Å². The van der Waals surface area contributed by atoms with Crippen LogP contribution in [-0.2, 0) is 6.54 Å². The van der Waals surface area contributed by atoms with E-state index in [2.05, 4.69) is 28.2 Å². The van der Waals surface area contributed by atoms with Crippen molar-refractivity contribution in [3.63, 3.8) is 0 Å². The number of hydrogen-bond donors (Lipinski definition) is 1. The third-order valence-corrected chi connectivity index (χ3v) is 3.67. The van der Waals surface area contributed by atoms with Crippen LogP contribution in [0.4, 0.5) is 0 Å². The third kappa shape index (κ3) is 3.98. The highest BCUT2D eigenvalue weighted by atomic mass is 79.9. The number of halogens is 2. The van der Waals surface area contributed by atoms with Crippen molar-refractivity contribution in [1.29, 1.82) is 0 Å². The predicted octanol–water partition coefficient (Wildman–Crippen LogP) is 5.31. The molecule has 106 valence electrons. The summed E-state index contributed by atoms with van der Waals surface area (Å²) in [4.78, 5) is 0. The fraction of sp³-hybridized carbons (Fsp3) is 0.250. The number of benzene rings is 2. The van der Waals surface area contributed by atoms with Gasteiger partial charge in [0.15, 0.2) is 0 Å². The molecule has 1 N–H and O–H groups in total. The zero-order chi connectivity index (χ0) is 14.5. The van der Waals surface area contributed by atoms with Crippen molar-refractivity contribution in [2.24, 2.45) is 0 Å². The van der Waals surface area contributed by atoms with Crippen molar-refractivity contribution < 1.29 is 4.74 Å². The molecule has 0 aliphatic carbocycles. The number of aryl methyl sites for hydroxylation is 1. The molecule has 0 saturated carbocycles. The van der Waals surface area contributed by atoms with Gasteiger partial charge in [-0.05, 0) is 55.4 Å². The Balaban J connectivity index is 2.27. The van der Waals surface area contributed by atoms with Gasteiger partial charge >= 0.3 is 0 Å². The molecule has 0 aromatic heterocycles. The highest BCUT2D eigenvalue weighted by Gasteiger charge is 2.08. The molecule has 0 atom stereocenters. The van der Waals surface area contributed by atoms with Gasteiger partial charge in [0, 0.05) is 21.6 Å². The van der Waals surface area contributed by atoms with E-state index in [0.29, 0.717) is 0 Å². The van der Waals surface area contributed by atoms with Crippen molar-refractivity contribution in [3.05, 3.63) is 57.0 Å². The van der Waals surface area contributed by atoms with Gasteiger partial charge in [-0.2, -0.15) is 0 Å². The molecule has 4 heteroatoms. The molecule has 0 heterocycles. The minimum atomic E-state index is 0.720. The van der Waals surface area contributed by atoms with Crippen molar-refractivity contribution in [2.45, 2.75) is 20.4 Å². The lowest BCUT2D eigenvalue weighted by Gasteiger charge is -2.14. The van der Waals surface area contributed by atoms with Crippen LogP contribution >= 0.6 is 27.5 Å². The Morgan fingerprint density at radius 3 is 2.60 bits per heavy atom. The number of hydrogen-bond acceptors (Lipinski definition) is 2. The SMILES string of the molecule is CCNCc1cc(Cl)ccc1Oc1ccc(Br)cc1C. The number of nitrogens with one attached hydrogen (secondary N) is 1.